The Labute approximate surface area is 206 Å². The number of nitrogens with zero attached hydrogens (tertiary/aromatic N) is 2. The van der Waals surface area contributed by atoms with Crippen molar-refractivity contribution in [3.05, 3.63) is 107 Å². The Morgan fingerprint density at radius 1 is 0.912 bits per heavy atom. The Kier molecular flexibility index (Phi) is 9.80. The SMILES string of the molecule is CCCCN(C(=O)CCCC=C(c1ccccc1)c1ccccc1)C(=O)On1ccccc1=S. The number of allylic oxidation sites excluding steroid dienone is 1. The highest BCUT2D eigenvalue weighted by Gasteiger charge is 2.23. The molecular weight excluding hydrogens is 444 g/mol. The van der Waals surface area contributed by atoms with Gasteiger partial charge in [-0.2, -0.15) is 4.73 Å². The number of hydrogen-bond acceptors (Lipinski definition) is 4. The summed E-state index contributed by atoms with van der Waals surface area (Å²) in [7, 11) is 0. The molecule has 176 valence electrons. The van der Waals surface area contributed by atoms with E-state index in [1.807, 2.05) is 43.3 Å². The Bertz CT molecular complexity index is 1120. The maximum atomic E-state index is 12.9. The van der Waals surface area contributed by atoms with Crippen molar-refractivity contribution in [1.29, 1.82) is 0 Å². The summed E-state index contributed by atoms with van der Waals surface area (Å²) in [5, 5.41) is 0. The van der Waals surface area contributed by atoms with Crippen molar-refractivity contribution in [3.8, 4) is 0 Å². The molecular formula is C28H30N2O3S. The number of carbonyl (C=O) groups excluding carboxylic acids is 2. The van der Waals surface area contributed by atoms with Gasteiger partial charge < -0.3 is 4.84 Å². The monoisotopic (exact) mass is 474 g/mol. The summed E-state index contributed by atoms with van der Waals surface area (Å²) in [5.41, 5.74) is 3.40. The third kappa shape index (κ3) is 7.25. The van der Waals surface area contributed by atoms with Gasteiger partial charge in [0.25, 0.3) is 0 Å². The van der Waals surface area contributed by atoms with E-state index in [1.165, 1.54) is 9.63 Å². The van der Waals surface area contributed by atoms with Gasteiger partial charge in [-0.05, 0) is 48.1 Å². The van der Waals surface area contributed by atoms with Gasteiger partial charge in [0.15, 0.2) is 0 Å². The highest BCUT2D eigenvalue weighted by molar-refractivity contribution is 7.71. The molecule has 6 heteroatoms. The summed E-state index contributed by atoms with van der Waals surface area (Å²) >= 11 is 5.18. The van der Waals surface area contributed by atoms with Gasteiger partial charge in [0, 0.05) is 19.2 Å². The number of carbonyl (C=O) groups is 2. The van der Waals surface area contributed by atoms with Crippen LogP contribution in [0.15, 0.2) is 91.1 Å². The van der Waals surface area contributed by atoms with E-state index in [-0.39, 0.29) is 12.3 Å². The molecule has 1 heterocycles. The molecule has 0 fully saturated rings. The maximum Gasteiger partial charge on any atom is 0.441 e. The predicted octanol–water partition coefficient (Wildman–Crippen LogP) is 6.70. The fourth-order valence-electron chi connectivity index (χ4n) is 3.53. The number of amides is 2. The van der Waals surface area contributed by atoms with Gasteiger partial charge in [0.2, 0.25) is 5.91 Å². The van der Waals surface area contributed by atoms with Crippen molar-refractivity contribution in [2.45, 2.75) is 39.0 Å². The summed E-state index contributed by atoms with van der Waals surface area (Å²) in [5.74, 6) is -0.240. The van der Waals surface area contributed by atoms with Crippen molar-refractivity contribution in [3.63, 3.8) is 0 Å². The first-order chi connectivity index (χ1) is 16.6. The number of pyridine rings is 1. The van der Waals surface area contributed by atoms with Crippen LogP contribution in [0.4, 0.5) is 4.79 Å². The average molecular weight is 475 g/mol. The van der Waals surface area contributed by atoms with Crippen LogP contribution in [0.1, 0.15) is 50.2 Å². The summed E-state index contributed by atoms with van der Waals surface area (Å²) < 4.78 is 1.57. The summed E-state index contributed by atoms with van der Waals surface area (Å²) in [6.07, 6.45) is 6.19. The predicted molar refractivity (Wildman–Crippen MR) is 138 cm³/mol. The standard InChI is InChI=1S/C28H30N2O3S/c1-2-3-21-29(28(32)33-30-22-13-12-20-27(30)34)26(31)19-11-10-18-25(23-14-6-4-7-15-23)24-16-8-5-9-17-24/h4-9,12-18,20,22H,2-3,10-11,19,21H2,1H3. The summed E-state index contributed by atoms with van der Waals surface area (Å²) in [6, 6.07) is 25.5. The van der Waals surface area contributed by atoms with Crippen LogP contribution in [0.25, 0.3) is 5.57 Å². The van der Waals surface area contributed by atoms with Gasteiger partial charge >= 0.3 is 6.09 Å². The quantitative estimate of drug-likeness (QED) is 0.242. The molecule has 34 heavy (non-hydrogen) atoms. The normalized spacial score (nSPS) is 10.4. The topological polar surface area (TPSA) is 51.5 Å². The maximum absolute atomic E-state index is 12.9. The van der Waals surface area contributed by atoms with E-state index in [9.17, 15) is 9.59 Å². The lowest BCUT2D eigenvalue weighted by Crippen LogP contribution is -2.42. The van der Waals surface area contributed by atoms with Gasteiger partial charge in [-0.1, -0.05) is 98.4 Å². The first-order valence-electron chi connectivity index (χ1n) is 11.6. The van der Waals surface area contributed by atoms with Gasteiger partial charge in [-0.15, -0.1) is 0 Å². The Hall–Kier alpha value is -3.51. The number of rotatable bonds is 10. The van der Waals surface area contributed by atoms with E-state index < -0.39 is 6.09 Å². The van der Waals surface area contributed by atoms with Crippen molar-refractivity contribution < 1.29 is 14.4 Å². The van der Waals surface area contributed by atoms with Crippen LogP contribution in [0.2, 0.25) is 0 Å². The largest absolute Gasteiger partial charge is 0.441 e. The first kappa shape index (κ1) is 25.1. The lowest BCUT2D eigenvalue weighted by Gasteiger charge is -2.20. The third-order valence-electron chi connectivity index (χ3n) is 5.33. The molecule has 0 N–H and O–H groups in total. The van der Waals surface area contributed by atoms with Crippen LogP contribution in [0.5, 0.6) is 0 Å². The second-order valence-electron chi connectivity index (χ2n) is 7.86. The van der Waals surface area contributed by atoms with Gasteiger partial charge in [-0.25, -0.2) is 9.69 Å². The van der Waals surface area contributed by atoms with E-state index in [2.05, 4.69) is 30.3 Å². The second-order valence-corrected chi connectivity index (χ2v) is 8.28. The molecule has 0 radical (unpaired) electrons. The molecule has 1 aromatic heterocycles. The molecule has 3 rings (SSSR count). The van der Waals surface area contributed by atoms with Gasteiger partial charge in [0.05, 0.1) is 0 Å². The number of unbranched alkanes of at least 4 members (excludes halogenated alkanes) is 2. The van der Waals surface area contributed by atoms with Crippen molar-refractivity contribution in [1.82, 2.24) is 9.63 Å². The van der Waals surface area contributed by atoms with Crippen LogP contribution < -0.4 is 4.84 Å². The van der Waals surface area contributed by atoms with Crippen molar-refractivity contribution in [2.75, 3.05) is 6.54 Å². The Morgan fingerprint density at radius 3 is 2.12 bits per heavy atom. The van der Waals surface area contributed by atoms with Crippen molar-refractivity contribution >= 4 is 29.8 Å². The molecule has 2 amide bonds. The molecule has 0 aliphatic heterocycles. The minimum Gasteiger partial charge on any atom is -0.316 e. The third-order valence-corrected chi connectivity index (χ3v) is 5.65. The Balaban J connectivity index is 1.66. The van der Waals surface area contributed by atoms with E-state index in [1.54, 1.807) is 24.4 Å². The number of aromatic nitrogens is 1. The van der Waals surface area contributed by atoms with E-state index in [4.69, 9.17) is 17.1 Å². The molecule has 0 bridgehead atoms. The second kappa shape index (κ2) is 13.3. The lowest BCUT2D eigenvalue weighted by molar-refractivity contribution is -0.129. The molecule has 0 unspecified atom stereocenters. The minimum absolute atomic E-state index is 0.240. The van der Waals surface area contributed by atoms with E-state index >= 15 is 0 Å². The highest BCUT2D eigenvalue weighted by atomic mass is 32.1. The molecule has 0 atom stereocenters. The fraction of sp³-hybridized carbons (Fsp3) is 0.250. The highest BCUT2D eigenvalue weighted by Crippen LogP contribution is 2.24. The van der Waals surface area contributed by atoms with Crippen LogP contribution in [-0.2, 0) is 4.79 Å². The van der Waals surface area contributed by atoms with Crippen LogP contribution >= 0.6 is 12.2 Å². The van der Waals surface area contributed by atoms with Crippen LogP contribution in [0, 0.1) is 4.64 Å². The molecule has 3 aromatic rings. The molecule has 5 nitrogen and oxygen atoms in total. The Morgan fingerprint density at radius 2 is 1.53 bits per heavy atom. The first-order valence-corrected chi connectivity index (χ1v) is 12.0. The van der Waals surface area contributed by atoms with Crippen molar-refractivity contribution in [2.24, 2.45) is 0 Å². The average Bonchev–Trinajstić information content (AvgIpc) is 2.87. The number of hydrogen-bond donors (Lipinski definition) is 0. The summed E-state index contributed by atoms with van der Waals surface area (Å²) in [4.78, 5) is 32.2. The van der Waals surface area contributed by atoms with Crippen LogP contribution in [0.3, 0.4) is 0 Å². The van der Waals surface area contributed by atoms with Gasteiger partial charge in [-0.3, -0.25) is 4.79 Å². The molecule has 0 saturated heterocycles. The molecule has 2 aromatic carbocycles. The van der Waals surface area contributed by atoms with Gasteiger partial charge in [0.1, 0.15) is 4.64 Å². The fourth-order valence-corrected chi connectivity index (χ4v) is 3.70. The molecule has 0 aliphatic carbocycles. The molecule has 0 saturated carbocycles. The summed E-state index contributed by atoms with van der Waals surface area (Å²) in [6.45, 7) is 2.34. The molecule has 0 spiro atoms. The zero-order valence-corrected chi connectivity index (χ0v) is 20.2. The van der Waals surface area contributed by atoms with E-state index in [0.29, 0.717) is 30.4 Å². The minimum atomic E-state index is -0.703. The zero-order valence-electron chi connectivity index (χ0n) is 19.4. The van der Waals surface area contributed by atoms with E-state index in [0.717, 1.165) is 23.1 Å². The van der Waals surface area contributed by atoms with Crippen LogP contribution in [-0.4, -0.2) is 28.2 Å². The zero-order chi connectivity index (χ0) is 24.2. The lowest BCUT2D eigenvalue weighted by atomic mass is 9.96. The molecule has 0 aliphatic rings. The smallest absolute Gasteiger partial charge is 0.316 e. The number of imide groups is 1. The number of benzene rings is 2.